The maximum Gasteiger partial charge on any atom is 0.220 e. The van der Waals surface area contributed by atoms with Crippen molar-refractivity contribution in [2.75, 3.05) is 19.8 Å². The lowest BCUT2D eigenvalue weighted by molar-refractivity contribution is -0.359. The molecule has 9 N–H and O–H groups in total. The summed E-state index contributed by atoms with van der Waals surface area (Å²) in [4.78, 5) is 13.1. The first-order valence-corrected chi connectivity index (χ1v) is 23.9. The minimum Gasteiger partial charge on any atom is -0.394 e. The highest BCUT2D eigenvalue weighted by atomic mass is 16.7. The molecule has 2 rings (SSSR count). The van der Waals surface area contributed by atoms with Crippen LogP contribution in [0.2, 0.25) is 0 Å². The Hall–Kier alpha value is -1.27. The highest BCUT2D eigenvalue weighted by molar-refractivity contribution is 5.76. The fraction of sp³-hybridized carbons (Fsp3) is 0.935. The molecule has 0 aromatic carbocycles. The van der Waals surface area contributed by atoms with E-state index in [1.165, 1.54) is 96.3 Å². The molecule has 2 saturated heterocycles. The van der Waals surface area contributed by atoms with E-state index in [1.54, 1.807) is 0 Å². The summed E-state index contributed by atoms with van der Waals surface area (Å²) in [7, 11) is 0. The summed E-state index contributed by atoms with van der Waals surface area (Å²) in [5.74, 6) is -0.215. The van der Waals surface area contributed by atoms with E-state index in [2.05, 4.69) is 31.3 Å². The largest absolute Gasteiger partial charge is 0.394 e. The second-order valence-electron chi connectivity index (χ2n) is 17.2. The summed E-state index contributed by atoms with van der Waals surface area (Å²) in [6, 6.07) is -0.824. The molecule has 0 saturated carbocycles. The van der Waals surface area contributed by atoms with E-state index < -0.39 is 86.8 Å². The number of carbonyl (C=O) groups excluding carboxylic acids is 1. The SMILES string of the molecule is CCCCCCCCC/C=C\CCCCCCCCCC(=O)NC(COC1OC(CO)C(OC2OC(CO)C(O)C(O)C2O)C(O)C1O)C(O)CCCCCCCCCC. The number of amides is 1. The van der Waals surface area contributed by atoms with Gasteiger partial charge in [-0.2, -0.15) is 0 Å². The van der Waals surface area contributed by atoms with Crippen molar-refractivity contribution < 1.29 is 64.6 Å². The Bertz CT molecular complexity index is 1070. The van der Waals surface area contributed by atoms with E-state index >= 15 is 0 Å². The number of rotatable bonds is 36. The van der Waals surface area contributed by atoms with Gasteiger partial charge < -0.3 is 65.1 Å². The highest BCUT2D eigenvalue weighted by Gasteiger charge is 2.51. The first-order chi connectivity index (χ1) is 29.1. The molecule has 0 aliphatic carbocycles. The second-order valence-corrected chi connectivity index (χ2v) is 17.2. The predicted molar refractivity (Wildman–Crippen MR) is 231 cm³/mol. The Labute approximate surface area is 361 Å². The average molecular weight is 862 g/mol. The van der Waals surface area contributed by atoms with Crippen molar-refractivity contribution in [3.05, 3.63) is 12.2 Å². The van der Waals surface area contributed by atoms with Crippen LogP contribution >= 0.6 is 0 Å². The van der Waals surface area contributed by atoms with Gasteiger partial charge >= 0.3 is 0 Å². The number of allylic oxidation sites excluding steroid dienone is 2. The molecule has 0 aromatic heterocycles. The fourth-order valence-corrected chi connectivity index (χ4v) is 7.99. The van der Waals surface area contributed by atoms with E-state index in [0.29, 0.717) is 12.8 Å². The first kappa shape index (κ1) is 54.9. The number of aliphatic hydroxyl groups is 8. The number of carbonyl (C=O) groups is 1. The number of unbranched alkanes of at least 4 members (excludes halogenated alkanes) is 21. The third kappa shape index (κ3) is 21.9. The van der Waals surface area contributed by atoms with Crippen LogP contribution in [0, 0.1) is 0 Å². The lowest BCUT2D eigenvalue weighted by atomic mass is 9.97. The maximum atomic E-state index is 13.1. The third-order valence-corrected chi connectivity index (χ3v) is 12.0. The van der Waals surface area contributed by atoms with Gasteiger partial charge in [-0.15, -0.1) is 0 Å². The zero-order valence-electron chi connectivity index (χ0n) is 37.2. The Morgan fingerprint density at radius 1 is 0.583 bits per heavy atom. The van der Waals surface area contributed by atoms with Crippen molar-refractivity contribution in [3.63, 3.8) is 0 Å². The Morgan fingerprint density at radius 3 is 1.58 bits per heavy atom. The Kier molecular flexibility index (Phi) is 31.3. The van der Waals surface area contributed by atoms with Crippen LogP contribution in [0.25, 0.3) is 0 Å². The lowest BCUT2D eigenvalue weighted by Gasteiger charge is -2.46. The molecule has 0 bridgehead atoms. The average Bonchev–Trinajstić information content (AvgIpc) is 3.24. The monoisotopic (exact) mass is 862 g/mol. The normalized spacial score (nSPS) is 28.3. The number of nitrogens with one attached hydrogen (secondary N) is 1. The van der Waals surface area contributed by atoms with Crippen molar-refractivity contribution in [2.24, 2.45) is 0 Å². The molecule has 2 aliphatic rings. The Balaban J connectivity index is 1.81. The molecular weight excluding hydrogens is 774 g/mol. The molecule has 2 aliphatic heterocycles. The van der Waals surface area contributed by atoms with Gasteiger partial charge in [0, 0.05) is 6.42 Å². The van der Waals surface area contributed by atoms with Gasteiger partial charge in [0.2, 0.25) is 5.91 Å². The molecule has 0 aromatic rings. The Morgan fingerprint density at radius 2 is 1.05 bits per heavy atom. The van der Waals surface area contributed by atoms with Crippen LogP contribution in [0.15, 0.2) is 12.2 Å². The standard InChI is InChI=1S/C46H87NO13/c1-3-5-7-9-11-13-14-15-16-17-18-19-20-21-22-24-26-28-30-38(51)47-34(35(50)29-27-25-23-12-10-8-6-4-2)33-57-45-43(56)41(54)44(37(32-49)59-45)60-46-42(55)40(53)39(52)36(31-48)58-46/h16-17,34-37,39-46,48-50,52-56H,3-15,18-33H2,1-2H3,(H,47,51)/b17-16-. The minimum atomic E-state index is -1.78. The molecule has 14 heteroatoms. The quantitative estimate of drug-likeness (QED) is 0.0292. The molecule has 60 heavy (non-hydrogen) atoms. The minimum absolute atomic E-state index is 0.215. The number of aliphatic hydroxyl groups excluding tert-OH is 8. The summed E-state index contributed by atoms with van der Waals surface area (Å²) in [6.45, 7) is 2.79. The van der Waals surface area contributed by atoms with Crippen molar-refractivity contribution in [2.45, 2.75) is 254 Å². The smallest absolute Gasteiger partial charge is 0.220 e. The van der Waals surface area contributed by atoms with Crippen LogP contribution in [-0.2, 0) is 23.7 Å². The zero-order chi connectivity index (χ0) is 44.0. The molecule has 2 fully saturated rings. The molecule has 1 amide bonds. The van der Waals surface area contributed by atoms with Crippen LogP contribution in [0.3, 0.4) is 0 Å². The number of ether oxygens (including phenoxy) is 4. The molecule has 354 valence electrons. The topological polar surface area (TPSA) is 228 Å². The van der Waals surface area contributed by atoms with Gasteiger partial charge in [0.15, 0.2) is 12.6 Å². The van der Waals surface area contributed by atoms with Crippen molar-refractivity contribution >= 4 is 5.91 Å². The molecule has 14 nitrogen and oxygen atoms in total. The van der Waals surface area contributed by atoms with Gasteiger partial charge in [-0.3, -0.25) is 4.79 Å². The van der Waals surface area contributed by atoms with Crippen LogP contribution < -0.4 is 5.32 Å². The van der Waals surface area contributed by atoms with E-state index in [0.717, 1.165) is 57.8 Å². The summed E-state index contributed by atoms with van der Waals surface area (Å²) in [5.41, 5.74) is 0. The van der Waals surface area contributed by atoms with Gasteiger partial charge in [-0.05, 0) is 38.5 Å². The highest BCUT2D eigenvalue weighted by Crippen LogP contribution is 2.30. The van der Waals surface area contributed by atoms with Gasteiger partial charge in [0.05, 0.1) is 32.0 Å². The summed E-state index contributed by atoms with van der Waals surface area (Å²) >= 11 is 0. The molecule has 2 heterocycles. The molecule has 0 spiro atoms. The van der Waals surface area contributed by atoms with Gasteiger partial charge in [0.25, 0.3) is 0 Å². The first-order valence-electron chi connectivity index (χ1n) is 23.9. The van der Waals surface area contributed by atoms with Crippen molar-refractivity contribution in [1.29, 1.82) is 0 Å². The fourth-order valence-electron chi connectivity index (χ4n) is 7.99. The van der Waals surface area contributed by atoms with Crippen molar-refractivity contribution in [1.82, 2.24) is 5.32 Å². The summed E-state index contributed by atoms with van der Waals surface area (Å²) < 4.78 is 22.6. The van der Waals surface area contributed by atoms with Crippen LogP contribution in [-0.4, -0.2) is 140 Å². The summed E-state index contributed by atoms with van der Waals surface area (Å²) in [6.07, 6.45) is 16.7. The molecule has 12 atom stereocenters. The second kappa shape index (κ2) is 34.2. The van der Waals surface area contributed by atoms with E-state index in [-0.39, 0.29) is 12.5 Å². The van der Waals surface area contributed by atoms with E-state index in [1.807, 2.05) is 0 Å². The van der Waals surface area contributed by atoms with Gasteiger partial charge in [0.1, 0.15) is 48.8 Å². The van der Waals surface area contributed by atoms with Crippen molar-refractivity contribution in [3.8, 4) is 0 Å². The molecule has 0 radical (unpaired) electrons. The summed E-state index contributed by atoms with van der Waals surface area (Å²) in [5, 5.41) is 86.5. The van der Waals surface area contributed by atoms with Crippen LogP contribution in [0.4, 0.5) is 0 Å². The molecule has 12 unspecified atom stereocenters. The van der Waals surface area contributed by atoms with Crippen LogP contribution in [0.5, 0.6) is 0 Å². The van der Waals surface area contributed by atoms with Crippen LogP contribution in [0.1, 0.15) is 181 Å². The van der Waals surface area contributed by atoms with Gasteiger partial charge in [-0.1, -0.05) is 148 Å². The number of hydrogen-bond donors (Lipinski definition) is 9. The van der Waals surface area contributed by atoms with Gasteiger partial charge in [-0.25, -0.2) is 0 Å². The lowest BCUT2D eigenvalue weighted by Crippen LogP contribution is -2.65. The molecular formula is C46H87NO13. The van der Waals surface area contributed by atoms with E-state index in [9.17, 15) is 45.6 Å². The predicted octanol–water partition coefficient (Wildman–Crippen LogP) is 5.21. The van der Waals surface area contributed by atoms with E-state index in [4.69, 9.17) is 18.9 Å². The number of hydrogen-bond acceptors (Lipinski definition) is 13. The zero-order valence-corrected chi connectivity index (χ0v) is 37.2. The maximum absolute atomic E-state index is 13.1. The third-order valence-electron chi connectivity index (χ3n) is 12.0.